The van der Waals surface area contributed by atoms with E-state index in [1.165, 1.54) is 29.5 Å². The maximum Gasteiger partial charge on any atom is 0.295 e. The van der Waals surface area contributed by atoms with Crippen LogP contribution in [0.1, 0.15) is 23.2 Å². The average molecular weight is 330 g/mol. The lowest BCUT2D eigenvalue weighted by atomic mass is 9.99. The molecule has 3 rings (SSSR count). The number of rotatable bonds is 5. The summed E-state index contributed by atoms with van der Waals surface area (Å²) in [5, 5.41) is 21.3. The fourth-order valence-electron chi connectivity index (χ4n) is 2.77. The van der Waals surface area contributed by atoms with Gasteiger partial charge < -0.3 is 10.6 Å². The van der Waals surface area contributed by atoms with Crippen molar-refractivity contribution in [3.8, 4) is 5.69 Å². The Kier molecular flexibility index (Phi) is 4.80. The second kappa shape index (κ2) is 7.18. The summed E-state index contributed by atoms with van der Waals surface area (Å²) in [6.07, 6.45) is 4.83. The van der Waals surface area contributed by atoms with Crippen LogP contribution in [0.4, 0.5) is 5.69 Å². The van der Waals surface area contributed by atoms with E-state index < -0.39 is 4.92 Å². The highest BCUT2D eigenvalue weighted by Gasteiger charge is 2.20. The minimum Gasteiger partial charge on any atom is -0.352 e. The number of carbonyl (C=O) groups excluding carboxylic acids is 1. The molecular formula is C15H18N6O3. The van der Waals surface area contributed by atoms with Gasteiger partial charge in [-0.15, -0.1) is 0 Å². The van der Waals surface area contributed by atoms with Gasteiger partial charge in [-0.25, -0.2) is 9.67 Å². The fourth-order valence-corrected chi connectivity index (χ4v) is 2.77. The van der Waals surface area contributed by atoms with Crippen molar-refractivity contribution in [1.29, 1.82) is 0 Å². The van der Waals surface area contributed by atoms with Crippen LogP contribution in [-0.2, 0) is 0 Å². The molecule has 1 fully saturated rings. The molecule has 9 heteroatoms. The van der Waals surface area contributed by atoms with E-state index >= 15 is 0 Å². The number of hydrogen-bond acceptors (Lipinski definition) is 6. The van der Waals surface area contributed by atoms with Crippen LogP contribution in [0.3, 0.4) is 0 Å². The Hall–Kier alpha value is -2.81. The average Bonchev–Trinajstić information content (AvgIpc) is 3.14. The molecule has 126 valence electrons. The Morgan fingerprint density at radius 3 is 3.04 bits per heavy atom. The molecule has 2 aromatic rings. The lowest BCUT2D eigenvalue weighted by Crippen LogP contribution is -2.38. The van der Waals surface area contributed by atoms with Crippen molar-refractivity contribution in [3.63, 3.8) is 0 Å². The van der Waals surface area contributed by atoms with E-state index in [1.54, 1.807) is 6.07 Å². The number of nitro groups is 1. The number of piperidine rings is 1. The maximum absolute atomic E-state index is 12.3. The van der Waals surface area contributed by atoms with E-state index in [0.717, 1.165) is 25.9 Å². The molecule has 1 aliphatic rings. The number of hydrogen-bond donors (Lipinski definition) is 2. The third-order valence-electron chi connectivity index (χ3n) is 4.05. The molecule has 24 heavy (non-hydrogen) atoms. The zero-order chi connectivity index (χ0) is 16.9. The molecule has 1 atom stereocenters. The zero-order valence-electron chi connectivity index (χ0n) is 13.0. The molecule has 0 radical (unpaired) electrons. The second-order valence-corrected chi connectivity index (χ2v) is 5.72. The van der Waals surface area contributed by atoms with E-state index in [9.17, 15) is 14.9 Å². The van der Waals surface area contributed by atoms with Crippen LogP contribution in [0.2, 0.25) is 0 Å². The Morgan fingerprint density at radius 1 is 1.50 bits per heavy atom. The molecule has 0 saturated carbocycles. The number of nitrogens with one attached hydrogen (secondary N) is 2. The summed E-state index contributed by atoms with van der Waals surface area (Å²) < 4.78 is 1.30. The summed E-state index contributed by atoms with van der Waals surface area (Å²) in [6.45, 7) is 2.45. The minimum absolute atomic E-state index is 0.188. The Bertz CT molecular complexity index is 725. The molecule has 0 aliphatic carbocycles. The monoisotopic (exact) mass is 330 g/mol. The highest BCUT2D eigenvalue weighted by Crippen LogP contribution is 2.23. The fraction of sp³-hybridized carbons (Fsp3) is 0.400. The molecule has 2 heterocycles. The number of aromatic nitrogens is 3. The van der Waals surface area contributed by atoms with Crippen molar-refractivity contribution in [3.05, 3.63) is 46.5 Å². The number of nitro benzene ring substituents is 1. The van der Waals surface area contributed by atoms with Gasteiger partial charge in [0.2, 0.25) is 0 Å². The van der Waals surface area contributed by atoms with Crippen molar-refractivity contribution in [1.82, 2.24) is 25.4 Å². The molecule has 1 aromatic heterocycles. The molecule has 2 N–H and O–H groups in total. The molecule has 1 amide bonds. The summed E-state index contributed by atoms with van der Waals surface area (Å²) in [5.74, 6) is 0.0842. The van der Waals surface area contributed by atoms with Crippen LogP contribution < -0.4 is 10.6 Å². The van der Waals surface area contributed by atoms with E-state index in [1.807, 2.05) is 0 Å². The predicted octanol–water partition coefficient (Wildman–Crippen LogP) is 0.905. The third-order valence-corrected chi connectivity index (χ3v) is 4.05. The van der Waals surface area contributed by atoms with Crippen molar-refractivity contribution in [2.24, 2.45) is 5.92 Å². The molecular weight excluding hydrogens is 312 g/mol. The summed E-state index contributed by atoms with van der Waals surface area (Å²) >= 11 is 0. The van der Waals surface area contributed by atoms with Crippen LogP contribution in [-0.4, -0.2) is 45.2 Å². The summed E-state index contributed by atoms with van der Waals surface area (Å²) in [5.41, 5.74) is 0.340. The largest absolute Gasteiger partial charge is 0.352 e. The van der Waals surface area contributed by atoms with Crippen LogP contribution in [0.15, 0.2) is 30.9 Å². The Labute approximate surface area is 138 Å². The summed E-state index contributed by atoms with van der Waals surface area (Å²) in [4.78, 5) is 26.8. The van der Waals surface area contributed by atoms with Gasteiger partial charge >= 0.3 is 0 Å². The van der Waals surface area contributed by atoms with Crippen molar-refractivity contribution in [2.45, 2.75) is 12.8 Å². The first-order valence-corrected chi connectivity index (χ1v) is 7.77. The smallest absolute Gasteiger partial charge is 0.295 e. The van der Waals surface area contributed by atoms with Crippen molar-refractivity contribution in [2.75, 3.05) is 19.6 Å². The maximum atomic E-state index is 12.3. The van der Waals surface area contributed by atoms with E-state index in [-0.39, 0.29) is 22.8 Å². The lowest BCUT2D eigenvalue weighted by molar-refractivity contribution is -0.384. The third kappa shape index (κ3) is 3.57. The number of carbonyl (C=O) groups is 1. The molecule has 0 spiro atoms. The minimum atomic E-state index is -0.529. The highest BCUT2D eigenvalue weighted by atomic mass is 16.6. The first-order valence-electron chi connectivity index (χ1n) is 7.77. The number of benzene rings is 1. The molecule has 1 unspecified atom stereocenters. The molecule has 1 saturated heterocycles. The summed E-state index contributed by atoms with van der Waals surface area (Å²) in [6, 6.07) is 4.33. The normalized spacial score (nSPS) is 17.4. The second-order valence-electron chi connectivity index (χ2n) is 5.72. The van der Waals surface area contributed by atoms with Gasteiger partial charge in [0.1, 0.15) is 18.3 Å². The van der Waals surface area contributed by atoms with Gasteiger partial charge in [-0.3, -0.25) is 14.9 Å². The molecule has 0 bridgehead atoms. The van der Waals surface area contributed by atoms with Gasteiger partial charge in [-0.1, -0.05) is 0 Å². The van der Waals surface area contributed by atoms with Crippen LogP contribution in [0.25, 0.3) is 5.69 Å². The first-order chi connectivity index (χ1) is 11.6. The van der Waals surface area contributed by atoms with E-state index in [4.69, 9.17) is 0 Å². The van der Waals surface area contributed by atoms with E-state index in [2.05, 4.69) is 20.7 Å². The molecule has 9 nitrogen and oxygen atoms in total. The number of amides is 1. The Balaban J connectivity index is 1.74. The van der Waals surface area contributed by atoms with Crippen molar-refractivity contribution < 1.29 is 9.72 Å². The van der Waals surface area contributed by atoms with Gasteiger partial charge in [-0.05, 0) is 44.0 Å². The highest BCUT2D eigenvalue weighted by molar-refractivity contribution is 5.95. The van der Waals surface area contributed by atoms with Gasteiger partial charge in [-0.2, -0.15) is 5.10 Å². The summed E-state index contributed by atoms with van der Waals surface area (Å²) in [7, 11) is 0. The van der Waals surface area contributed by atoms with E-state index in [0.29, 0.717) is 12.5 Å². The van der Waals surface area contributed by atoms with Crippen LogP contribution in [0.5, 0.6) is 0 Å². The topological polar surface area (TPSA) is 115 Å². The van der Waals surface area contributed by atoms with Crippen molar-refractivity contribution >= 4 is 11.6 Å². The lowest BCUT2D eigenvalue weighted by Gasteiger charge is -2.22. The molecule has 1 aromatic carbocycles. The van der Waals surface area contributed by atoms with Crippen LogP contribution >= 0.6 is 0 Å². The van der Waals surface area contributed by atoms with Gasteiger partial charge in [0.15, 0.2) is 0 Å². The predicted molar refractivity (Wildman–Crippen MR) is 85.9 cm³/mol. The van der Waals surface area contributed by atoms with Gasteiger partial charge in [0.05, 0.1) is 4.92 Å². The quantitative estimate of drug-likeness (QED) is 0.622. The van der Waals surface area contributed by atoms with Gasteiger partial charge in [0, 0.05) is 18.2 Å². The SMILES string of the molecule is O=C(NCC1CCCNC1)c1ccc(-n2cncn2)c([N+](=O)[O-])c1. The Morgan fingerprint density at radius 2 is 2.38 bits per heavy atom. The standard InChI is InChI=1S/C15H18N6O3/c22-15(18-8-11-2-1-5-16-7-11)12-3-4-13(14(6-12)21(23)24)20-10-17-9-19-20/h3-4,6,9-11,16H,1-2,5,7-8H2,(H,18,22). The molecule has 1 aliphatic heterocycles. The zero-order valence-corrected chi connectivity index (χ0v) is 13.0. The van der Waals surface area contributed by atoms with Crippen LogP contribution in [0, 0.1) is 16.0 Å². The number of nitrogens with zero attached hydrogens (tertiary/aromatic N) is 4. The van der Waals surface area contributed by atoms with Gasteiger partial charge in [0.25, 0.3) is 11.6 Å². The first kappa shape index (κ1) is 16.1.